The zero-order valence-electron chi connectivity index (χ0n) is 6.20. The minimum Gasteiger partial charge on any atom is -0.368 e. The number of anilines is 1. The summed E-state index contributed by atoms with van der Waals surface area (Å²) < 4.78 is 0. The standard InChI is InChI=1S/C7H10N2OS/c1-5(7(8)10)9-6-3-2-4-11-6/h2-5,9H,1H3,(H2,8,10)/t5-/m1/s1. The minimum absolute atomic E-state index is 0.298. The van der Waals surface area contributed by atoms with Gasteiger partial charge in [0.25, 0.3) is 0 Å². The third kappa shape index (κ3) is 2.23. The third-order valence-electron chi connectivity index (χ3n) is 1.31. The third-order valence-corrected chi connectivity index (χ3v) is 2.11. The molecule has 4 heteroatoms. The maximum atomic E-state index is 10.6. The summed E-state index contributed by atoms with van der Waals surface area (Å²) in [6.45, 7) is 1.74. The Balaban J connectivity index is 2.50. The van der Waals surface area contributed by atoms with Crippen LogP contribution in [-0.4, -0.2) is 11.9 Å². The molecule has 0 bridgehead atoms. The molecule has 1 aromatic rings. The maximum Gasteiger partial charge on any atom is 0.239 e. The summed E-state index contributed by atoms with van der Waals surface area (Å²) in [7, 11) is 0. The first-order valence-corrected chi connectivity index (χ1v) is 4.17. The highest BCUT2D eigenvalue weighted by Crippen LogP contribution is 2.15. The molecule has 60 valence electrons. The lowest BCUT2D eigenvalue weighted by atomic mass is 10.3. The number of hydrogen-bond acceptors (Lipinski definition) is 3. The Hall–Kier alpha value is -1.03. The van der Waals surface area contributed by atoms with Gasteiger partial charge in [0.15, 0.2) is 0 Å². The van der Waals surface area contributed by atoms with E-state index >= 15 is 0 Å². The van der Waals surface area contributed by atoms with E-state index in [2.05, 4.69) is 5.32 Å². The van der Waals surface area contributed by atoms with Gasteiger partial charge in [0, 0.05) is 0 Å². The van der Waals surface area contributed by atoms with E-state index in [4.69, 9.17) is 5.73 Å². The minimum atomic E-state index is -0.335. The van der Waals surface area contributed by atoms with Gasteiger partial charge >= 0.3 is 0 Å². The van der Waals surface area contributed by atoms with E-state index < -0.39 is 0 Å². The fourth-order valence-electron chi connectivity index (χ4n) is 0.645. The van der Waals surface area contributed by atoms with Gasteiger partial charge in [0.1, 0.15) is 6.04 Å². The smallest absolute Gasteiger partial charge is 0.239 e. The Kier molecular flexibility index (Phi) is 2.48. The lowest BCUT2D eigenvalue weighted by Crippen LogP contribution is -2.32. The Labute approximate surface area is 69.2 Å². The zero-order valence-corrected chi connectivity index (χ0v) is 7.02. The summed E-state index contributed by atoms with van der Waals surface area (Å²) >= 11 is 1.55. The monoisotopic (exact) mass is 170 g/mol. The number of carbonyl (C=O) groups excluding carboxylic acids is 1. The highest BCUT2D eigenvalue weighted by atomic mass is 32.1. The van der Waals surface area contributed by atoms with Gasteiger partial charge in [-0.3, -0.25) is 4.79 Å². The molecule has 1 heterocycles. The van der Waals surface area contributed by atoms with Crippen molar-refractivity contribution in [2.75, 3.05) is 5.32 Å². The van der Waals surface area contributed by atoms with Crippen molar-refractivity contribution in [2.24, 2.45) is 5.73 Å². The maximum absolute atomic E-state index is 10.6. The van der Waals surface area contributed by atoms with Crippen LogP contribution >= 0.6 is 11.3 Å². The highest BCUT2D eigenvalue weighted by molar-refractivity contribution is 7.14. The zero-order chi connectivity index (χ0) is 8.27. The van der Waals surface area contributed by atoms with Gasteiger partial charge in [0.05, 0.1) is 5.00 Å². The van der Waals surface area contributed by atoms with Gasteiger partial charge in [-0.15, -0.1) is 11.3 Å². The van der Waals surface area contributed by atoms with E-state index in [-0.39, 0.29) is 11.9 Å². The molecule has 0 fully saturated rings. The Morgan fingerprint density at radius 3 is 3.00 bits per heavy atom. The summed E-state index contributed by atoms with van der Waals surface area (Å²) in [5.74, 6) is -0.335. The molecular formula is C7H10N2OS. The van der Waals surface area contributed by atoms with Gasteiger partial charge < -0.3 is 11.1 Å². The van der Waals surface area contributed by atoms with Gasteiger partial charge in [0.2, 0.25) is 5.91 Å². The predicted molar refractivity (Wildman–Crippen MR) is 46.6 cm³/mol. The SMILES string of the molecule is C[C@@H](Nc1cccs1)C(N)=O. The lowest BCUT2D eigenvalue weighted by Gasteiger charge is -2.07. The first-order chi connectivity index (χ1) is 5.20. The molecular weight excluding hydrogens is 160 g/mol. The molecule has 3 nitrogen and oxygen atoms in total. The molecule has 0 aliphatic carbocycles. The van der Waals surface area contributed by atoms with Crippen molar-refractivity contribution in [3.8, 4) is 0 Å². The average Bonchev–Trinajstić information content (AvgIpc) is 2.39. The van der Waals surface area contributed by atoms with E-state index in [0.717, 1.165) is 5.00 Å². The second-order valence-electron chi connectivity index (χ2n) is 2.25. The van der Waals surface area contributed by atoms with Crippen molar-refractivity contribution < 1.29 is 4.79 Å². The number of nitrogens with two attached hydrogens (primary N) is 1. The van der Waals surface area contributed by atoms with Crippen molar-refractivity contribution >= 4 is 22.2 Å². The van der Waals surface area contributed by atoms with Crippen LogP contribution in [0.2, 0.25) is 0 Å². The van der Waals surface area contributed by atoms with E-state index in [9.17, 15) is 4.79 Å². The molecule has 3 N–H and O–H groups in total. The molecule has 0 aromatic carbocycles. The molecule has 0 saturated carbocycles. The number of thiophene rings is 1. The number of nitrogens with one attached hydrogen (secondary N) is 1. The predicted octanol–water partition coefficient (Wildman–Crippen LogP) is 1.03. The normalized spacial score (nSPS) is 12.5. The van der Waals surface area contributed by atoms with Crippen molar-refractivity contribution in [1.29, 1.82) is 0 Å². The highest BCUT2D eigenvalue weighted by Gasteiger charge is 2.07. The number of primary amides is 1. The Morgan fingerprint density at radius 1 is 1.82 bits per heavy atom. The quantitative estimate of drug-likeness (QED) is 0.712. The molecule has 0 radical (unpaired) electrons. The van der Waals surface area contributed by atoms with Crippen LogP contribution in [0.3, 0.4) is 0 Å². The molecule has 11 heavy (non-hydrogen) atoms. The van der Waals surface area contributed by atoms with Crippen LogP contribution in [0.1, 0.15) is 6.92 Å². The van der Waals surface area contributed by atoms with Gasteiger partial charge in [-0.1, -0.05) is 0 Å². The van der Waals surface area contributed by atoms with Crippen LogP contribution in [0.5, 0.6) is 0 Å². The summed E-state index contributed by atoms with van der Waals surface area (Å²) in [5, 5.41) is 5.87. The molecule has 0 aliphatic heterocycles. The summed E-state index contributed by atoms with van der Waals surface area (Å²) in [6.07, 6.45) is 0. The fourth-order valence-corrected chi connectivity index (χ4v) is 1.35. The van der Waals surface area contributed by atoms with Crippen LogP contribution in [0.4, 0.5) is 5.00 Å². The molecule has 1 amide bonds. The van der Waals surface area contributed by atoms with Crippen LogP contribution in [0, 0.1) is 0 Å². The lowest BCUT2D eigenvalue weighted by molar-refractivity contribution is -0.118. The molecule has 1 atom stereocenters. The van der Waals surface area contributed by atoms with Gasteiger partial charge in [-0.05, 0) is 24.4 Å². The van der Waals surface area contributed by atoms with E-state index in [1.807, 2.05) is 17.5 Å². The van der Waals surface area contributed by atoms with Crippen LogP contribution < -0.4 is 11.1 Å². The van der Waals surface area contributed by atoms with Crippen molar-refractivity contribution in [3.63, 3.8) is 0 Å². The van der Waals surface area contributed by atoms with Crippen LogP contribution in [0.15, 0.2) is 17.5 Å². The number of carbonyl (C=O) groups is 1. The van der Waals surface area contributed by atoms with Gasteiger partial charge in [-0.25, -0.2) is 0 Å². The second kappa shape index (κ2) is 3.39. The number of rotatable bonds is 3. The van der Waals surface area contributed by atoms with Crippen LogP contribution in [0.25, 0.3) is 0 Å². The Morgan fingerprint density at radius 2 is 2.55 bits per heavy atom. The summed E-state index contributed by atoms with van der Waals surface area (Å²) in [6, 6.07) is 3.53. The number of hydrogen-bond donors (Lipinski definition) is 2. The molecule has 1 rings (SSSR count). The topological polar surface area (TPSA) is 55.1 Å². The molecule has 0 saturated heterocycles. The first kappa shape index (κ1) is 8.07. The molecule has 0 aliphatic rings. The molecule has 0 spiro atoms. The van der Waals surface area contributed by atoms with Crippen molar-refractivity contribution in [1.82, 2.24) is 0 Å². The largest absolute Gasteiger partial charge is 0.368 e. The summed E-state index contributed by atoms with van der Waals surface area (Å²) in [5.41, 5.74) is 5.06. The average molecular weight is 170 g/mol. The second-order valence-corrected chi connectivity index (χ2v) is 3.19. The van der Waals surface area contributed by atoms with E-state index in [1.54, 1.807) is 18.3 Å². The molecule has 1 aromatic heterocycles. The summed E-state index contributed by atoms with van der Waals surface area (Å²) in [4.78, 5) is 10.6. The van der Waals surface area contributed by atoms with Crippen LogP contribution in [-0.2, 0) is 4.79 Å². The number of amides is 1. The van der Waals surface area contributed by atoms with E-state index in [1.165, 1.54) is 0 Å². The van der Waals surface area contributed by atoms with Crippen molar-refractivity contribution in [2.45, 2.75) is 13.0 Å². The van der Waals surface area contributed by atoms with Crippen molar-refractivity contribution in [3.05, 3.63) is 17.5 Å². The van der Waals surface area contributed by atoms with E-state index in [0.29, 0.717) is 0 Å². The first-order valence-electron chi connectivity index (χ1n) is 3.29. The molecule has 0 unspecified atom stereocenters. The van der Waals surface area contributed by atoms with Gasteiger partial charge in [-0.2, -0.15) is 0 Å². The fraction of sp³-hybridized carbons (Fsp3) is 0.286. The Bertz CT molecular complexity index is 233.